The van der Waals surface area contributed by atoms with Gasteiger partial charge in [-0.05, 0) is 44.2 Å². The number of aryl methyl sites for hydroxylation is 1. The summed E-state index contributed by atoms with van der Waals surface area (Å²) in [6.07, 6.45) is 4.37. The fourth-order valence-corrected chi connectivity index (χ4v) is 2.46. The lowest BCUT2D eigenvalue weighted by Crippen LogP contribution is -2.03. The topological polar surface area (TPSA) is 41.6 Å². The third-order valence-electron chi connectivity index (χ3n) is 3.79. The number of nitriles is 1. The summed E-state index contributed by atoms with van der Waals surface area (Å²) in [5, 5.41) is 10.4. The smallest absolute Gasteiger partial charge is 0.164 e. The van der Waals surface area contributed by atoms with Crippen LogP contribution in [0.1, 0.15) is 29.8 Å². The first kappa shape index (κ1) is 10.3. The third kappa shape index (κ3) is 1.52. The number of aromatic nitrogens is 2. The molecule has 2 aromatic heterocycles. The highest BCUT2D eigenvalue weighted by molar-refractivity contribution is 5.88. The van der Waals surface area contributed by atoms with Crippen LogP contribution < -0.4 is 0 Å². The molecule has 0 atom stereocenters. The molecule has 0 spiro atoms. The van der Waals surface area contributed by atoms with E-state index in [0.29, 0.717) is 5.69 Å². The van der Waals surface area contributed by atoms with Crippen molar-refractivity contribution in [3.05, 3.63) is 29.2 Å². The summed E-state index contributed by atoms with van der Waals surface area (Å²) >= 11 is 0. The summed E-state index contributed by atoms with van der Waals surface area (Å²) in [4.78, 5) is 4.19. The Morgan fingerprint density at radius 2 is 2.24 bits per heavy atom. The molecule has 0 unspecified atom stereocenters. The van der Waals surface area contributed by atoms with Gasteiger partial charge in [0, 0.05) is 23.8 Å². The molecular formula is C14H15N3. The molecule has 2 aromatic rings. The van der Waals surface area contributed by atoms with Crippen molar-refractivity contribution in [3.8, 4) is 6.07 Å². The van der Waals surface area contributed by atoms with Crippen LogP contribution in [0.4, 0.5) is 0 Å². The number of nitrogens with zero attached hydrogens (tertiary/aromatic N) is 3. The molecule has 86 valence electrons. The molecule has 3 rings (SSSR count). The van der Waals surface area contributed by atoms with Gasteiger partial charge in [-0.2, -0.15) is 5.26 Å². The minimum Gasteiger partial charge on any atom is -0.342 e. The Bertz CT molecular complexity index is 627. The predicted molar refractivity (Wildman–Crippen MR) is 66.6 cm³/mol. The average Bonchev–Trinajstić information content (AvgIpc) is 3.13. The predicted octanol–water partition coefficient (Wildman–Crippen LogP) is 2.93. The second-order valence-electron chi connectivity index (χ2n) is 4.93. The first-order valence-electron chi connectivity index (χ1n) is 6.07. The molecule has 0 N–H and O–H groups in total. The van der Waals surface area contributed by atoms with Gasteiger partial charge < -0.3 is 4.57 Å². The van der Waals surface area contributed by atoms with E-state index in [1.807, 2.05) is 6.07 Å². The average molecular weight is 225 g/mol. The van der Waals surface area contributed by atoms with E-state index in [0.717, 1.165) is 18.0 Å². The molecule has 3 nitrogen and oxygen atoms in total. The standard InChI is InChI=1S/C14H15N3/c1-9-10(2)17(8-11-3-4-11)14-12(9)5-6-16-13(14)7-15/h5-6,11H,3-4,8H2,1-2H3. The van der Waals surface area contributed by atoms with Crippen molar-refractivity contribution in [1.29, 1.82) is 5.26 Å². The Morgan fingerprint density at radius 3 is 2.88 bits per heavy atom. The van der Waals surface area contributed by atoms with Gasteiger partial charge in [-0.1, -0.05) is 0 Å². The van der Waals surface area contributed by atoms with E-state index in [4.69, 9.17) is 0 Å². The molecule has 0 amide bonds. The zero-order chi connectivity index (χ0) is 12.0. The van der Waals surface area contributed by atoms with Crippen LogP contribution in [-0.4, -0.2) is 9.55 Å². The Morgan fingerprint density at radius 1 is 1.47 bits per heavy atom. The van der Waals surface area contributed by atoms with Crippen LogP contribution in [0.25, 0.3) is 10.9 Å². The van der Waals surface area contributed by atoms with Crippen LogP contribution in [0, 0.1) is 31.1 Å². The third-order valence-corrected chi connectivity index (χ3v) is 3.79. The second kappa shape index (κ2) is 3.59. The maximum absolute atomic E-state index is 9.18. The Balaban J connectivity index is 2.30. The van der Waals surface area contributed by atoms with Crippen LogP contribution in [0.3, 0.4) is 0 Å². The zero-order valence-electron chi connectivity index (χ0n) is 10.2. The van der Waals surface area contributed by atoms with Gasteiger partial charge in [0.25, 0.3) is 0 Å². The molecule has 1 fully saturated rings. The number of hydrogen-bond donors (Lipinski definition) is 0. The van der Waals surface area contributed by atoms with E-state index < -0.39 is 0 Å². The van der Waals surface area contributed by atoms with Gasteiger partial charge in [-0.3, -0.25) is 0 Å². The quantitative estimate of drug-likeness (QED) is 0.788. The summed E-state index contributed by atoms with van der Waals surface area (Å²) in [7, 11) is 0. The second-order valence-corrected chi connectivity index (χ2v) is 4.93. The van der Waals surface area contributed by atoms with E-state index in [1.165, 1.54) is 29.5 Å². The maximum atomic E-state index is 9.18. The molecule has 2 heterocycles. The molecule has 0 aliphatic heterocycles. The molecule has 0 aromatic carbocycles. The lowest BCUT2D eigenvalue weighted by Gasteiger charge is -2.07. The summed E-state index contributed by atoms with van der Waals surface area (Å²) in [5.74, 6) is 0.801. The largest absolute Gasteiger partial charge is 0.342 e. The lowest BCUT2D eigenvalue weighted by molar-refractivity contribution is 0.631. The van der Waals surface area contributed by atoms with E-state index >= 15 is 0 Å². The molecule has 0 radical (unpaired) electrons. The van der Waals surface area contributed by atoms with E-state index in [-0.39, 0.29) is 0 Å². The van der Waals surface area contributed by atoms with Crippen molar-refractivity contribution in [2.24, 2.45) is 5.92 Å². The van der Waals surface area contributed by atoms with Crippen LogP contribution in [-0.2, 0) is 6.54 Å². The highest BCUT2D eigenvalue weighted by atomic mass is 15.0. The molecule has 0 saturated heterocycles. The van der Waals surface area contributed by atoms with Crippen molar-refractivity contribution in [2.75, 3.05) is 0 Å². The molecule has 1 saturated carbocycles. The van der Waals surface area contributed by atoms with E-state index in [1.54, 1.807) is 6.20 Å². The van der Waals surface area contributed by atoms with Gasteiger partial charge in [-0.15, -0.1) is 0 Å². The molecule has 3 heteroatoms. The number of fused-ring (bicyclic) bond motifs is 1. The zero-order valence-corrected chi connectivity index (χ0v) is 10.2. The number of rotatable bonds is 2. The van der Waals surface area contributed by atoms with Gasteiger partial charge in [-0.25, -0.2) is 4.98 Å². The van der Waals surface area contributed by atoms with Crippen molar-refractivity contribution in [1.82, 2.24) is 9.55 Å². The van der Waals surface area contributed by atoms with E-state index in [9.17, 15) is 5.26 Å². The Hall–Kier alpha value is -1.82. The summed E-state index contributed by atoms with van der Waals surface area (Å²) in [6.45, 7) is 5.30. The highest BCUT2D eigenvalue weighted by Crippen LogP contribution is 2.34. The number of pyridine rings is 1. The fraction of sp³-hybridized carbons (Fsp3) is 0.429. The molecule has 1 aliphatic carbocycles. The summed E-state index contributed by atoms with van der Waals surface area (Å²) in [6, 6.07) is 4.23. The van der Waals surface area contributed by atoms with Crippen LogP contribution >= 0.6 is 0 Å². The van der Waals surface area contributed by atoms with Crippen molar-refractivity contribution in [2.45, 2.75) is 33.2 Å². The summed E-state index contributed by atoms with van der Waals surface area (Å²) < 4.78 is 2.29. The first-order valence-corrected chi connectivity index (χ1v) is 6.07. The maximum Gasteiger partial charge on any atom is 0.164 e. The Kier molecular flexibility index (Phi) is 2.19. The number of hydrogen-bond acceptors (Lipinski definition) is 2. The van der Waals surface area contributed by atoms with Crippen LogP contribution in [0.2, 0.25) is 0 Å². The first-order chi connectivity index (χ1) is 8.22. The lowest BCUT2D eigenvalue weighted by atomic mass is 10.2. The normalized spacial score (nSPS) is 15.1. The molecule has 1 aliphatic rings. The summed E-state index contributed by atoms with van der Waals surface area (Å²) in [5.41, 5.74) is 4.13. The monoisotopic (exact) mass is 225 g/mol. The van der Waals surface area contributed by atoms with Gasteiger partial charge in [0.2, 0.25) is 0 Å². The van der Waals surface area contributed by atoms with Gasteiger partial charge in [0.05, 0.1) is 5.52 Å². The highest BCUT2D eigenvalue weighted by Gasteiger charge is 2.24. The van der Waals surface area contributed by atoms with Crippen molar-refractivity contribution >= 4 is 10.9 Å². The molecular weight excluding hydrogens is 210 g/mol. The van der Waals surface area contributed by atoms with E-state index in [2.05, 4.69) is 29.5 Å². The van der Waals surface area contributed by atoms with Crippen LogP contribution in [0.15, 0.2) is 12.3 Å². The SMILES string of the molecule is Cc1c(C)n(CC2CC2)c2c(C#N)nccc12. The van der Waals surface area contributed by atoms with Gasteiger partial charge in [0.1, 0.15) is 6.07 Å². The Labute approximate surface area is 101 Å². The minimum atomic E-state index is 0.555. The van der Waals surface area contributed by atoms with Crippen LogP contribution in [0.5, 0.6) is 0 Å². The molecule has 0 bridgehead atoms. The minimum absolute atomic E-state index is 0.555. The van der Waals surface area contributed by atoms with Crippen molar-refractivity contribution in [3.63, 3.8) is 0 Å². The fourth-order valence-electron chi connectivity index (χ4n) is 2.46. The van der Waals surface area contributed by atoms with Crippen molar-refractivity contribution < 1.29 is 0 Å². The van der Waals surface area contributed by atoms with Gasteiger partial charge >= 0.3 is 0 Å². The van der Waals surface area contributed by atoms with Gasteiger partial charge in [0.15, 0.2) is 5.69 Å². The molecule has 17 heavy (non-hydrogen) atoms.